The zero-order valence-electron chi connectivity index (χ0n) is 12.4. The van der Waals surface area contributed by atoms with Crippen molar-refractivity contribution in [1.29, 1.82) is 0 Å². The Morgan fingerprint density at radius 2 is 1.84 bits per heavy atom. The summed E-state index contributed by atoms with van der Waals surface area (Å²) in [5.41, 5.74) is 0. The van der Waals surface area contributed by atoms with Gasteiger partial charge in [0.15, 0.2) is 5.11 Å². The number of rotatable bonds is 5. The Bertz CT molecular complexity index is 299. The molecule has 1 unspecified atom stereocenters. The van der Waals surface area contributed by atoms with Gasteiger partial charge in [-0.1, -0.05) is 19.3 Å². The summed E-state index contributed by atoms with van der Waals surface area (Å²) in [6, 6.07) is 0.216. The van der Waals surface area contributed by atoms with E-state index in [0.717, 1.165) is 13.1 Å². The minimum absolute atomic E-state index is 0.109. The van der Waals surface area contributed by atoms with Gasteiger partial charge in [-0.2, -0.15) is 0 Å². The number of hydrogen-bond donors (Lipinski definition) is 2. The second-order valence-corrected chi connectivity index (χ2v) is 5.59. The molecule has 0 radical (unpaired) electrons. The molecule has 0 saturated heterocycles. The summed E-state index contributed by atoms with van der Waals surface area (Å²) in [5, 5.41) is 7.05. The first-order chi connectivity index (χ1) is 9.08. The number of thiocarbonyl (C=S) groups is 1. The molecule has 0 aromatic heterocycles. The molecule has 5 heteroatoms. The van der Waals surface area contributed by atoms with E-state index in [9.17, 15) is 4.79 Å². The monoisotopic (exact) mass is 285 g/mol. The van der Waals surface area contributed by atoms with Crippen LogP contribution in [-0.4, -0.2) is 41.1 Å². The Balaban J connectivity index is 2.36. The van der Waals surface area contributed by atoms with Crippen LogP contribution in [0.1, 0.15) is 52.9 Å². The molecule has 19 heavy (non-hydrogen) atoms. The van der Waals surface area contributed by atoms with Crippen molar-refractivity contribution in [2.75, 3.05) is 13.1 Å². The largest absolute Gasteiger partial charge is 0.360 e. The van der Waals surface area contributed by atoms with Crippen LogP contribution in [0.2, 0.25) is 0 Å². The van der Waals surface area contributed by atoms with Gasteiger partial charge in [0.2, 0.25) is 5.91 Å². The molecule has 2 N–H and O–H groups in total. The van der Waals surface area contributed by atoms with Crippen LogP contribution in [0.5, 0.6) is 0 Å². The van der Waals surface area contributed by atoms with Crippen molar-refractivity contribution >= 4 is 23.2 Å². The number of carbonyl (C=O) groups is 1. The normalized spacial score (nSPS) is 17.6. The van der Waals surface area contributed by atoms with Gasteiger partial charge in [-0.3, -0.25) is 4.79 Å². The van der Waals surface area contributed by atoms with Gasteiger partial charge in [-0.15, -0.1) is 0 Å². The van der Waals surface area contributed by atoms with Crippen LogP contribution in [-0.2, 0) is 4.79 Å². The lowest BCUT2D eigenvalue weighted by Crippen LogP contribution is -2.51. The highest BCUT2D eigenvalue weighted by molar-refractivity contribution is 7.80. The van der Waals surface area contributed by atoms with Crippen molar-refractivity contribution in [3.05, 3.63) is 0 Å². The van der Waals surface area contributed by atoms with Crippen LogP contribution < -0.4 is 10.6 Å². The second kappa shape index (κ2) is 8.35. The fourth-order valence-electron chi connectivity index (χ4n) is 2.54. The summed E-state index contributed by atoms with van der Waals surface area (Å²) in [5.74, 6) is 0.109. The molecule has 0 aliphatic heterocycles. The lowest BCUT2D eigenvalue weighted by molar-refractivity contribution is -0.132. The van der Waals surface area contributed by atoms with E-state index >= 15 is 0 Å². The highest BCUT2D eigenvalue weighted by Crippen LogP contribution is 2.17. The van der Waals surface area contributed by atoms with Crippen LogP contribution in [0.15, 0.2) is 0 Å². The van der Waals surface area contributed by atoms with Crippen molar-refractivity contribution in [1.82, 2.24) is 15.5 Å². The number of nitrogens with one attached hydrogen (secondary N) is 2. The minimum Gasteiger partial charge on any atom is -0.360 e. The van der Waals surface area contributed by atoms with Gasteiger partial charge >= 0.3 is 0 Å². The Morgan fingerprint density at radius 1 is 1.26 bits per heavy atom. The van der Waals surface area contributed by atoms with E-state index in [1.807, 2.05) is 25.7 Å². The maximum atomic E-state index is 12.1. The molecule has 1 fully saturated rings. The summed E-state index contributed by atoms with van der Waals surface area (Å²) >= 11 is 5.30. The zero-order chi connectivity index (χ0) is 14.3. The van der Waals surface area contributed by atoms with Crippen molar-refractivity contribution < 1.29 is 4.79 Å². The van der Waals surface area contributed by atoms with Gasteiger partial charge in [0, 0.05) is 19.1 Å². The first-order valence-corrected chi connectivity index (χ1v) is 7.85. The average molecular weight is 285 g/mol. The standard InChI is InChI=1S/C14H27N3OS/c1-4-17(5-2)13(18)11(3)15-14(19)16-12-9-7-6-8-10-12/h11-12H,4-10H2,1-3H3,(H2,15,16,19). The fraction of sp³-hybridized carbons (Fsp3) is 0.857. The SMILES string of the molecule is CCN(CC)C(=O)C(C)NC(=S)NC1CCCCC1. The van der Waals surface area contributed by atoms with Crippen molar-refractivity contribution in [2.24, 2.45) is 0 Å². The molecule has 1 atom stereocenters. The molecule has 1 aliphatic carbocycles. The highest BCUT2D eigenvalue weighted by atomic mass is 32.1. The van der Waals surface area contributed by atoms with Gasteiger partial charge < -0.3 is 15.5 Å². The van der Waals surface area contributed by atoms with Crippen molar-refractivity contribution in [3.8, 4) is 0 Å². The summed E-state index contributed by atoms with van der Waals surface area (Å²) in [6.07, 6.45) is 6.23. The molecule has 4 nitrogen and oxygen atoms in total. The Kier molecular flexibility index (Phi) is 7.13. The second-order valence-electron chi connectivity index (χ2n) is 5.18. The number of nitrogens with zero attached hydrogens (tertiary/aromatic N) is 1. The molecule has 0 heterocycles. The summed E-state index contributed by atoms with van der Waals surface area (Å²) < 4.78 is 0. The molecule has 0 aromatic carbocycles. The van der Waals surface area contributed by atoms with E-state index in [0.29, 0.717) is 11.2 Å². The number of carbonyl (C=O) groups excluding carboxylic acids is 1. The van der Waals surface area contributed by atoms with Gasteiger partial charge in [-0.25, -0.2) is 0 Å². The van der Waals surface area contributed by atoms with E-state index in [4.69, 9.17) is 12.2 Å². The van der Waals surface area contributed by atoms with Gasteiger partial charge in [0.1, 0.15) is 6.04 Å². The number of likely N-dealkylation sites (N-methyl/N-ethyl adjacent to an activating group) is 1. The third-order valence-corrected chi connectivity index (χ3v) is 3.97. The van der Waals surface area contributed by atoms with Crippen LogP contribution in [0.25, 0.3) is 0 Å². The third-order valence-electron chi connectivity index (χ3n) is 3.73. The molecule has 0 bridgehead atoms. The molecular formula is C14H27N3OS. The van der Waals surface area contributed by atoms with E-state index < -0.39 is 0 Å². The third kappa shape index (κ3) is 5.35. The Hall–Kier alpha value is -0.840. The van der Waals surface area contributed by atoms with Crippen LogP contribution in [0, 0.1) is 0 Å². The summed E-state index contributed by atoms with van der Waals surface area (Å²) in [4.78, 5) is 13.9. The molecule has 1 rings (SSSR count). The quantitative estimate of drug-likeness (QED) is 0.759. The van der Waals surface area contributed by atoms with Gasteiger partial charge in [0.05, 0.1) is 0 Å². The van der Waals surface area contributed by atoms with E-state index in [2.05, 4.69) is 10.6 Å². The maximum Gasteiger partial charge on any atom is 0.244 e. The fourth-order valence-corrected chi connectivity index (χ4v) is 2.88. The molecule has 110 valence electrons. The lowest BCUT2D eigenvalue weighted by Gasteiger charge is -2.27. The maximum absolute atomic E-state index is 12.1. The first-order valence-electron chi connectivity index (χ1n) is 7.44. The van der Waals surface area contributed by atoms with Crippen molar-refractivity contribution in [3.63, 3.8) is 0 Å². The Morgan fingerprint density at radius 3 is 2.37 bits per heavy atom. The topological polar surface area (TPSA) is 44.4 Å². The molecular weight excluding hydrogens is 258 g/mol. The molecule has 1 amide bonds. The summed E-state index contributed by atoms with van der Waals surface area (Å²) in [6.45, 7) is 7.34. The van der Waals surface area contributed by atoms with E-state index in [-0.39, 0.29) is 11.9 Å². The Labute approximate surface area is 122 Å². The minimum atomic E-state index is -0.261. The number of amides is 1. The van der Waals surface area contributed by atoms with Crippen LogP contribution >= 0.6 is 12.2 Å². The van der Waals surface area contributed by atoms with Crippen LogP contribution in [0.4, 0.5) is 0 Å². The summed E-state index contributed by atoms with van der Waals surface area (Å²) in [7, 11) is 0. The van der Waals surface area contributed by atoms with E-state index in [1.165, 1.54) is 32.1 Å². The zero-order valence-corrected chi connectivity index (χ0v) is 13.2. The smallest absolute Gasteiger partial charge is 0.244 e. The van der Waals surface area contributed by atoms with Crippen LogP contribution in [0.3, 0.4) is 0 Å². The number of hydrogen-bond acceptors (Lipinski definition) is 2. The predicted molar refractivity (Wildman–Crippen MR) is 83.1 cm³/mol. The molecule has 0 aromatic rings. The van der Waals surface area contributed by atoms with E-state index in [1.54, 1.807) is 0 Å². The van der Waals surface area contributed by atoms with Gasteiger partial charge in [-0.05, 0) is 45.8 Å². The first kappa shape index (κ1) is 16.2. The average Bonchev–Trinajstić information content (AvgIpc) is 2.40. The predicted octanol–water partition coefficient (Wildman–Crippen LogP) is 2.04. The van der Waals surface area contributed by atoms with Gasteiger partial charge in [0.25, 0.3) is 0 Å². The lowest BCUT2D eigenvalue weighted by atomic mass is 9.96. The molecule has 1 saturated carbocycles. The molecule has 1 aliphatic rings. The highest BCUT2D eigenvalue weighted by Gasteiger charge is 2.20. The molecule has 0 spiro atoms. The van der Waals surface area contributed by atoms with Crippen molar-refractivity contribution in [2.45, 2.75) is 65.0 Å².